The quantitative estimate of drug-likeness (QED) is 0.180. The first-order valence-electron chi connectivity index (χ1n) is 21.7. The molecule has 1 aliphatic rings. The maximum atomic E-state index is 6.76. The van der Waals surface area contributed by atoms with Gasteiger partial charge in [0.15, 0.2) is 7.28 Å². The molecular weight excluding hydrogens is 792 g/mol. The van der Waals surface area contributed by atoms with Gasteiger partial charge in [0.25, 0.3) is 0 Å². The number of hydrogen-bond acceptors (Lipinski definition) is 4. The summed E-state index contributed by atoms with van der Waals surface area (Å²) in [4.78, 5) is 0. The number of thiophene rings is 2. The minimum absolute atomic E-state index is 0.0174. The Labute approximate surface area is 368 Å². The maximum absolute atomic E-state index is 6.76. The van der Waals surface area contributed by atoms with E-state index >= 15 is 0 Å². The van der Waals surface area contributed by atoms with Crippen molar-refractivity contribution in [1.29, 1.82) is 0 Å². The molecule has 0 saturated heterocycles. The number of fused-ring (bicyclic) bond motifs is 14. The standard InChI is InChI=1S/C56H43BN2OS2/c1-55(2,3)30-15-18-32(19-16-30)58-44-26-40-39-23-31(56(4,5)6)17-22-47(39)60-48(40)27-37(44)35-20-21-36-38-24-41-33-11-7-9-13-49(33)61-51(41)28-45(38)59-46-29-52-42(25-43(46)57-53(35)54(36)59)34-12-8-10-14-50(34)62-52/h7-29,57-58H,1-6H3. The molecule has 0 amide bonds. The Hall–Kier alpha value is -6.34. The van der Waals surface area contributed by atoms with Crippen molar-refractivity contribution >= 4 is 136 Å². The van der Waals surface area contributed by atoms with Crippen LogP contribution in [0, 0.1) is 0 Å². The molecule has 13 rings (SSSR count). The van der Waals surface area contributed by atoms with Gasteiger partial charge in [-0.3, -0.25) is 0 Å². The van der Waals surface area contributed by atoms with E-state index in [0.29, 0.717) is 0 Å². The molecule has 0 radical (unpaired) electrons. The summed E-state index contributed by atoms with van der Waals surface area (Å²) >= 11 is 3.79. The van der Waals surface area contributed by atoms with E-state index in [0.717, 1.165) is 46.2 Å². The zero-order valence-corrected chi connectivity index (χ0v) is 37.3. The Morgan fingerprint density at radius 1 is 0.500 bits per heavy atom. The molecule has 0 aliphatic carbocycles. The van der Waals surface area contributed by atoms with Gasteiger partial charge >= 0.3 is 0 Å². The number of nitrogens with one attached hydrogen (secondary N) is 1. The summed E-state index contributed by atoms with van der Waals surface area (Å²) in [6, 6.07) is 52.7. The molecule has 4 aromatic heterocycles. The fraction of sp³-hybridized carbons (Fsp3) is 0.143. The summed E-state index contributed by atoms with van der Waals surface area (Å²) < 4.78 is 14.7. The second kappa shape index (κ2) is 12.6. The lowest BCUT2D eigenvalue weighted by molar-refractivity contribution is 0.590. The molecule has 0 atom stereocenters. The van der Waals surface area contributed by atoms with Crippen LogP contribution in [0.25, 0.3) is 101 Å². The Morgan fingerprint density at radius 3 is 1.89 bits per heavy atom. The summed E-state index contributed by atoms with van der Waals surface area (Å²) in [5.74, 6) is 0. The first kappa shape index (κ1) is 36.3. The molecule has 5 heterocycles. The molecule has 8 aromatic carbocycles. The summed E-state index contributed by atoms with van der Waals surface area (Å²) in [5, 5.41) is 14.1. The van der Waals surface area contributed by atoms with E-state index < -0.39 is 0 Å². The van der Waals surface area contributed by atoms with Gasteiger partial charge < -0.3 is 14.3 Å². The minimum atomic E-state index is 0.0174. The van der Waals surface area contributed by atoms with Crippen molar-refractivity contribution in [2.75, 3.05) is 5.32 Å². The summed E-state index contributed by atoms with van der Waals surface area (Å²) in [6.07, 6.45) is 0. The Bertz CT molecular complexity index is 3880. The highest BCUT2D eigenvalue weighted by atomic mass is 32.1. The van der Waals surface area contributed by atoms with E-state index in [2.05, 4.69) is 191 Å². The van der Waals surface area contributed by atoms with Gasteiger partial charge in [0.1, 0.15) is 11.2 Å². The fourth-order valence-corrected chi connectivity index (χ4v) is 12.5. The Kier molecular flexibility index (Phi) is 7.40. The topological polar surface area (TPSA) is 30.1 Å². The number of hydrogen-bond donors (Lipinski definition) is 1. The van der Waals surface area contributed by atoms with Crippen molar-refractivity contribution in [2.24, 2.45) is 0 Å². The van der Waals surface area contributed by atoms with Crippen molar-refractivity contribution < 1.29 is 4.42 Å². The molecule has 0 unspecified atom stereocenters. The van der Waals surface area contributed by atoms with E-state index in [4.69, 9.17) is 4.42 Å². The van der Waals surface area contributed by atoms with Gasteiger partial charge in [-0.1, -0.05) is 120 Å². The lowest BCUT2D eigenvalue weighted by Gasteiger charge is -2.24. The van der Waals surface area contributed by atoms with Crippen LogP contribution in [0.3, 0.4) is 0 Å². The largest absolute Gasteiger partial charge is 0.456 e. The third-order valence-corrected chi connectivity index (χ3v) is 15.8. The highest BCUT2D eigenvalue weighted by Gasteiger charge is 2.29. The second-order valence-corrected chi connectivity index (χ2v) is 21.6. The molecule has 3 nitrogen and oxygen atoms in total. The molecular formula is C56H43BN2OS2. The van der Waals surface area contributed by atoms with Crippen molar-refractivity contribution in [2.45, 2.75) is 52.4 Å². The molecule has 0 bridgehead atoms. The van der Waals surface area contributed by atoms with Crippen molar-refractivity contribution in [3.05, 3.63) is 151 Å². The van der Waals surface area contributed by atoms with Gasteiger partial charge in [-0.25, -0.2) is 0 Å². The van der Waals surface area contributed by atoms with E-state index in [1.807, 2.05) is 22.7 Å². The number of aromatic nitrogens is 1. The lowest BCUT2D eigenvalue weighted by atomic mass is 9.59. The first-order valence-corrected chi connectivity index (χ1v) is 23.3. The van der Waals surface area contributed by atoms with Crippen LogP contribution in [0.2, 0.25) is 0 Å². The molecule has 1 aliphatic heterocycles. The van der Waals surface area contributed by atoms with Crippen LogP contribution in [0.4, 0.5) is 11.4 Å². The van der Waals surface area contributed by atoms with Gasteiger partial charge in [-0.05, 0) is 105 Å². The van der Waals surface area contributed by atoms with Gasteiger partial charge in [0, 0.05) is 84.6 Å². The average Bonchev–Trinajstić information content (AvgIpc) is 4.00. The smallest absolute Gasteiger partial charge is 0.198 e. The zero-order valence-electron chi connectivity index (χ0n) is 35.7. The normalized spacial score (nSPS) is 13.1. The maximum Gasteiger partial charge on any atom is 0.198 e. The van der Waals surface area contributed by atoms with E-state index in [9.17, 15) is 0 Å². The van der Waals surface area contributed by atoms with Crippen LogP contribution in [0.1, 0.15) is 52.7 Å². The highest BCUT2D eigenvalue weighted by Crippen LogP contribution is 2.45. The minimum Gasteiger partial charge on any atom is -0.456 e. The van der Waals surface area contributed by atoms with Gasteiger partial charge in [-0.2, -0.15) is 0 Å². The third kappa shape index (κ3) is 5.29. The first-order chi connectivity index (χ1) is 29.9. The number of nitrogens with zero attached hydrogens (tertiary/aromatic N) is 1. The van der Waals surface area contributed by atoms with Crippen LogP contribution < -0.4 is 16.2 Å². The molecule has 6 heteroatoms. The van der Waals surface area contributed by atoms with Gasteiger partial charge in [0.05, 0.1) is 5.52 Å². The molecule has 62 heavy (non-hydrogen) atoms. The molecule has 0 spiro atoms. The molecule has 1 N–H and O–H groups in total. The summed E-state index contributed by atoms with van der Waals surface area (Å²) in [6.45, 7) is 13.6. The monoisotopic (exact) mass is 834 g/mol. The average molecular weight is 835 g/mol. The van der Waals surface area contributed by atoms with Crippen LogP contribution >= 0.6 is 22.7 Å². The molecule has 0 saturated carbocycles. The number of rotatable bonds is 3. The van der Waals surface area contributed by atoms with E-state index in [1.165, 1.54) is 95.5 Å². The highest BCUT2D eigenvalue weighted by molar-refractivity contribution is 7.26. The van der Waals surface area contributed by atoms with E-state index in [1.54, 1.807) is 0 Å². The van der Waals surface area contributed by atoms with Gasteiger partial charge in [0.2, 0.25) is 0 Å². The van der Waals surface area contributed by atoms with Crippen molar-refractivity contribution in [3.8, 4) is 16.8 Å². The SMILES string of the molecule is CC(C)(C)c1ccc(Nc2cc3c(cc2-c2ccc4c5cc6c(cc5n5c4c2Bc2cc4c(cc2-5)sc2ccccc24)sc2ccccc26)oc2ccc(C(C)(C)C)cc23)cc1. The van der Waals surface area contributed by atoms with E-state index in [-0.39, 0.29) is 10.8 Å². The summed E-state index contributed by atoms with van der Waals surface area (Å²) in [5.41, 5.74) is 15.5. The number of furan rings is 1. The van der Waals surface area contributed by atoms with Crippen LogP contribution in [0.15, 0.2) is 144 Å². The number of benzene rings is 8. The van der Waals surface area contributed by atoms with Gasteiger partial charge in [-0.15, -0.1) is 22.7 Å². The summed E-state index contributed by atoms with van der Waals surface area (Å²) in [7, 11) is 0.822. The fourth-order valence-electron chi connectivity index (χ4n) is 10.2. The van der Waals surface area contributed by atoms with Crippen LogP contribution in [-0.4, -0.2) is 11.8 Å². The zero-order chi connectivity index (χ0) is 41.8. The third-order valence-electron chi connectivity index (χ3n) is 13.5. The second-order valence-electron chi connectivity index (χ2n) is 19.4. The predicted octanol–water partition coefficient (Wildman–Crippen LogP) is 15.1. The lowest BCUT2D eigenvalue weighted by Crippen LogP contribution is -2.37. The predicted molar refractivity (Wildman–Crippen MR) is 273 cm³/mol. The van der Waals surface area contributed by atoms with Crippen LogP contribution in [-0.2, 0) is 10.8 Å². The molecule has 12 aromatic rings. The van der Waals surface area contributed by atoms with Crippen molar-refractivity contribution in [3.63, 3.8) is 0 Å². The van der Waals surface area contributed by atoms with Crippen molar-refractivity contribution in [1.82, 2.24) is 4.57 Å². The molecule has 298 valence electrons. The number of anilines is 2. The Balaban J connectivity index is 1.10. The molecule has 0 fully saturated rings. The van der Waals surface area contributed by atoms with Crippen LogP contribution in [0.5, 0.6) is 0 Å². The Morgan fingerprint density at radius 2 is 1.16 bits per heavy atom.